The Hall–Kier alpha value is -0.170. The number of likely N-dealkylation sites (N-methyl/N-ethyl adjacent to an activating group) is 1. The van der Waals surface area contributed by atoms with Crippen molar-refractivity contribution in [2.75, 3.05) is 7.05 Å². The fourth-order valence-electron chi connectivity index (χ4n) is 2.42. The zero-order valence-corrected chi connectivity index (χ0v) is 17.0. The number of halogens is 3. The maximum absolute atomic E-state index is 4.57. The van der Waals surface area contributed by atoms with Crippen LogP contribution in [0.4, 0.5) is 0 Å². The Morgan fingerprint density at radius 2 is 1.81 bits per heavy atom. The highest BCUT2D eigenvalue weighted by Gasteiger charge is 2.18. The largest absolute Gasteiger partial charge is 0.313 e. The molecule has 1 N–H and O–H groups in total. The van der Waals surface area contributed by atoms with Gasteiger partial charge in [0.25, 0.3) is 0 Å². The molecule has 0 radical (unpaired) electrons. The van der Waals surface area contributed by atoms with Crippen LogP contribution in [0.5, 0.6) is 0 Å². The number of nitrogens with one attached hydrogen (secondary N) is 1. The fraction of sp³-hybridized carbons (Fsp3) is 0.400. The van der Waals surface area contributed by atoms with E-state index < -0.39 is 0 Å². The number of hydrogen-bond acceptors (Lipinski definition) is 2. The van der Waals surface area contributed by atoms with Gasteiger partial charge in [-0.05, 0) is 60.6 Å². The van der Waals surface area contributed by atoms with Crippen molar-refractivity contribution in [1.82, 2.24) is 15.1 Å². The summed E-state index contributed by atoms with van der Waals surface area (Å²) >= 11 is 10.8. The Bertz CT molecular complexity index is 617. The van der Waals surface area contributed by atoms with Crippen molar-refractivity contribution in [1.29, 1.82) is 0 Å². The van der Waals surface area contributed by atoms with Crippen molar-refractivity contribution in [2.24, 2.45) is 0 Å². The second kappa shape index (κ2) is 7.40. The Balaban J connectivity index is 2.35. The summed E-state index contributed by atoms with van der Waals surface area (Å²) in [5.41, 5.74) is 3.51. The third-order valence-electron chi connectivity index (χ3n) is 3.49. The lowest BCUT2D eigenvalue weighted by Gasteiger charge is -2.18. The summed E-state index contributed by atoms with van der Waals surface area (Å²) in [4.78, 5) is 0. The fourth-order valence-corrected chi connectivity index (χ4v) is 4.20. The van der Waals surface area contributed by atoms with E-state index in [1.807, 2.05) is 20.0 Å². The van der Waals surface area contributed by atoms with Crippen molar-refractivity contribution >= 4 is 47.8 Å². The van der Waals surface area contributed by atoms with Crippen molar-refractivity contribution in [3.63, 3.8) is 0 Å². The van der Waals surface area contributed by atoms with Gasteiger partial charge in [0.2, 0.25) is 0 Å². The van der Waals surface area contributed by atoms with Crippen molar-refractivity contribution in [2.45, 2.75) is 32.9 Å². The summed E-state index contributed by atoms with van der Waals surface area (Å²) in [7, 11) is 1.99. The lowest BCUT2D eigenvalue weighted by Crippen LogP contribution is -2.21. The molecule has 0 saturated carbocycles. The normalized spacial score (nSPS) is 12.7. The van der Waals surface area contributed by atoms with Gasteiger partial charge in [-0.25, -0.2) is 0 Å². The molecule has 0 bridgehead atoms. The van der Waals surface area contributed by atoms with E-state index in [1.54, 1.807) is 0 Å². The van der Waals surface area contributed by atoms with Gasteiger partial charge in [0.1, 0.15) is 0 Å². The van der Waals surface area contributed by atoms with Gasteiger partial charge in [-0.1, -0.05) is 31.9 Å². The van der Waals surface area contributed by atoms with E-state index in [0.717, 1.165) is 32.1 Å². The number of rotatable bonds is 5. The molecular weight excluding hydrogens is 462 g/mol. The molecule has 1 aromatic heterocycles. The first-order chi connectivity index (χ1) is 9.96. The van der Waals surface area contributed by atoms with E-state index in [0.29, 0.717) is 0 Å². The quantitative estimate of drug-likeness (QED) is 0.653. The Labute approximate surface area is 150 Å². The molecule has 1 atom stereocenters. The van der Waals surface area contributed by atoms with Crippen LogP contribution in [0.1, 0.15) is 29.9 Å². The predicted octanol–water partition coefficient (Wildman–Crippen LogP) is 5.00. The van der Waals surface area contributed by atoms with Crippen molar-refractivity contribution in [3.05, 3.63) is 48.6 Å². The van der Waals surface area contributed by atoms with E-state index in [-0.39, 0.29) is 6.04 Å². The van der Waals surface area contributed by atoms with Crippen LogP contribution in [-0.4, -0.2) is 16.8 Å². The van der Waals surface area contributed by atoms with Crippen LogP contribution in [0.3, 0.4) is 0 Å². The summed E-state index contributed by atoms with van der Waals surface area (Å²) < 4.78 is 5.33. The Morgan fingerprint density at radius 3 is 2.33 bits per heavy atom. The van der Waals surface area contributed by atoms with Gasteiger partial charge >= 0.3 is 0 Å². The molecule has 1 unspecified atom stereocenters. The topological polar surface area (TPSA) is 29.9 Å². The molecule has 21 heavy (non-hydrogen) atoms. The van der Waals surface area contributed by atoms with E-state index in [4.69, 9.17) is 0 Å². The average Bonchev–Trinajstić information content (AvgIpc) is 2.70. The minimum Gasteiger partial charge on any atom is -0.313 e. The molecule has 0 aliphatic carbocycles. The number of nitrogens with zero attached hydrogens (tertiary/aromatic N) is 2. The van der Waals surface area contributed by atoms with Gasteiger partial charge < -0.3 is 5.32 Å². The highest BCUT2D eigenvalue weighted by molar-refractivity contribution is 9.11. The number of hydrogen-bond donors (Lipinski definition) is 1. The molecule has 1 aromatic carbocycles. The standard InChI is InChI=1S/C15H18Br3N3/c1-4-21-14(15(18)9(2)20-21)8-13(19-3)10-5-11(16)7-12(17)6-10/h5-7,13,19H,4,8H2,1-3H3. The zero-order valence-electron chi connectivity index (χ0n) is 12.3. The van der Waals surface area contributed by atoms with E-state index >= 15 is 0 Å². The molecule has 6 heteroatoms. The van der Waals surface area contributed by atoms with Gasteiger partial charge in [-0.3, -0.25) is 4.68 Å². The minimum atomic E-state index is 0.233. The number of aryl methyl sites for hydroxylation is 2. The van der Waals surface area contributed by atoms with Crippen molar-refractivity contribution in [3.8, 4) is 0 Å². The van der Waals surface area contributed by atoms with Gasteiger partial charge in [0, 0.05) is 28.0 Å². The van der Waals surface area contributed by atoms with Gasteiger partial charge in [0.15, 0.2) is 0 Å². The first kappa shape index (κ1) is 17.2. The molecule has 0 aliphatic heterocycles. The average molecular weight is 480 g/mol. The molecular formula is C15H18Br3N3. The monoisotopic (exact) mass is 477 g/mol. The lowest BCUT2D eigenvalue weighted by atomic mass is 10.0. The summed E-state index contributed by atoms with van der Waals surface area (Å²) in [6.07, 6.45) is 0.884. The lowest BCUT2D eigenvalue weighted by molar-refractivity contribution is 0.539. The van der Waals surface area contributed by atoms with Crippen LogP contribution in [0.2, 0.25) is 0 Å². The van der Waals surface area contributed by atoms with Crippen LogP contribution < -0.4 is 5.32 Å². The molecule has 0 aliphatic rings. The highest BCUT2D eigenvalue weighted by Crippen LogP contribution is 2.29. The number of aromatic nitrogens is 2. The third kappa shape index (κ3) is 3.97. The summed E-state index contributed by atoms with van der Waals surface area (Å²) in [5, 5.41) is 7.97. The second-order valence-corrected chi connectivity index (χ2v) is 7.53. The van der Waals surface area contributed by atoms with Crippen LogP contribution in [0, 0.1) is 6.92 Å². The maximum atomic E-state index is 4.57. The van der Waals surface area contributed by atoms with E-state index in [1.165, 1.54) is 11.3 Å². The maximum Gasteiger partial charge on any atom is 0.0738 e. The van der Waals surface area contributed by atoms with Crippen LogP contribution in [-0.2, 0) is 13.0 Å². The zero-order chi connectivity index (χ0) is 15.6. The summed E-state index contributed by atoms with van der Waals surface area (Å²) in [6.45, 7) is 5.02. The van der Waals surface area contributed by atoms with Gasteiger partial charge in [0.05, 0.1) is 15.9 Å². The molecule has 1 heterocycles. The molecule has 0 spiro atoms. The summed E-state index contributed by atoms with van der Waals surface area (Å²) in [5.74, 6) is 0. The molecule has 2 rings (SSSR count). The summed E-state index contributed by atoms with van der Waals surface area (Å²) in [6, 6.07) is 6.59. The molecule has 0 fully saturated rings. The first-order valence-corrected chi connectivity index (χ1v) is 9.19. The minimum absolute atomic E-state index is 0.233. The smallest absolute Gasteiger partial charge is 0.0738 e. The van der Waals surface area contributed by atoms with Crippen LogP contribution in [0.15, 0.2) is 31.6 Å². The van der Waals surface area contributed by atoms with E-state index in [2.05, 4.69) is 81.9 Å². The Kier molecular flexibility index (Phi) is 6.05. The SMILES string of the molecule is CCn1nc(C)c(Br)c1CC(NC)c1cc(Br)cc(Br)c1. The van der Waals surface area contributed by atoms with Gasteiger partial charge in [-0.15, -0.1) is 0 Å². The molecule has 2 aromatic rings. The third-order valence-corrected chi connectivity index (χ3v) is 5.43. The highest BCUT2D eigenvalue weighted by atomic mass is 79.9. The van der Waals surface area contributed by atoms with Crippen LogP contribution in [0.25, 0.3) is 0 Å². The van der Waals surface area contributed by atoms with E-state index in [9.17, 15) is 0 Å². The van der Waals surface area contributed by atoms with Crippen molar-refractivity contribution < 1.29 is 0 Å². The molecule has 114 valence electrons. The molecule has 0 saturated heterocycles. The first-order valence-electron chi connectivity index (χ1n) is 6.81. The second-order valence-electron chi connectivity index (χ2n) is 4.91. The van der Waals surface area contributed by atoms with Crippen LogP contribution >= 0.6 is 47.8 Å². The predicted molar refractivity (Wildman–Crippen MR) is 97.7 cm³/mol. The molecule has 0 amide bonds. The Morgan fingerprint density at radius 1 is 1.19 bits per heavy atom. The van der Waals surface area contributed by atoms with Gasteiger partial charge in [-0.2, -0.15) is 5.10 Å². The number of benzene rings is 1. The molecule has 3 nitrogen and oxygen atoms in total.